The van der Waals surface area contributed by atoms with E-state index in [0.29, 0.717) is 24.8 Å². The number of hydrogen-bond acceptors (Lipinski definition) is 19. The Morgan fingerprint density at radius 2 is 1.46 bits per heavy atom. The number of carbonyl (C=O) groups excluding carboxylic acids is 8. The van der Waals surface area contributed by atoms with Gasteiger partial charge in [0.25, 0.3) is 26.1 Å². The van der Waals surface area contributed by atoms with Crippen LogP contribution in [-0.4, -0.2) is 150 Å². The first-order valence-electron chi connectivity index (χ1n) is 23.5. The second-order valence-electron chi connectivity index (χ2n) is 17.6. The smallest absolute Gasteiger partial charge is 0.336 e. The zero-order valence-electron chi connectivity index (χ0n) is 41.3. The number of nitrogens with zero attached hydrogens (tertiary/aromatic N) is 1. The minimum atomic E-state index is -5.26. The van der Waals surface area contributed by atoms with Gasteiger partial charge in [-0.25, -0.2) is 4.79 Å². The van der Waals surface area contributed by atoms with E-state index in [4.69, 9.17) is 27.0 Å². The van der Waals surface area contributed by atoms with Gasteiger partial charge in [-0.1, -0.05) is 18.2 Å². The Morgan fingerprint density at radius 3 is 2.10 bits per heavy atom. The summed E-state index contributed by atoms with van der Waals surface area (Å²) in [7, 11) is -10.5. The van der Waals surface area contributed by atoms with Gasteiger partial charge in [-0.05, 0) is 78.9 Å². The van der Waals surface area contributed by atoms with E-state index in [9.17, 15) is 79.3 Å². The summed E-state index contributed by atoms with van der Waals surface area (Å²) in [6.07, 6.45) is 0.614. The van der Waals surface area contributed by atoms with Crippen molar-refractivity contribution in [2.75, 3.05) is 44.2 Å². The summed E-state index contributed by atoms with van der Waals surface area (Å²) in [6.45, 7) is -1.40. The molecule has 16 N–H and O–H groups in total. The van der Waals surface area contributed by atoms with E-state index >= 15 is 0 Å². The van der Waals surface area contributed by atoms with Crippen molar-refractivity contribution in [1.29, 1.82) is 5.41 Å². The lowest BCUT2D eigenvalue weighted by atomic mass is 9.89. The van der Waals surface area contributed by atoms with Crippen LogP contribution in [0.1, 0.15) is 52.0 Å². The van der Waals surface area contributed by atoms with Gasteiger partial charge in [0.15, 0.2) is 21.1 Å². The van der Waals surface area contributed by atoms with Crippen LogP contribution in [0.25, 0.3) is 33.4 Å². The van der Waals surface area contributed by atoms with Gasteiger partial charge in [0.2, 0.25) is 41.4 Å². The number of carboxylic acid groups (broad SMARTS) is 1. The van der Waals surface area contributed by atoms with E-state index in [0.717, 1.165) is 40.9 Å². The molecule has 0 radical (unpaired) electrons. The molecule has 2 aliphatic heterocycles. The van der Waals surface area contributed by atoms with Crippen molar-refractivity contribution >= 4 is 102 Å². The molecule has 0 spiro atoms. The number of primary amides is 1. The topological polar surface area (TPSA) is 481 Å². The molecule has 2 heterocycles. The van der Waals surface area contributed by atoms with E-state index < -0.39 is 142 Å². The minimum absolute atomic E-state index is 0.00714. The van der Waals surface area contributed by atoms with Crippen molar-refractivity contribution in [2.45, 2.75) is 59.2 Å². The first-order chi connectivity index (χ1) is 37.2. The molecule has 3 aliphatic rings. The van der Waals surface area contributed by atoms with E-state index in [1.54, 1.807) is 0 Å². The number of nitrogen functional groups attached to an aromatic ring is 1. The van der Waals surface area contributed by atoms with Crippen molar-refractivity contribution in [3.63, 3.8) is 0 Å². The van der Waals surface area contributed by atoms with Crippen molar-refractivity contribution in [3.8, 4) is 28.2 Å². The molecule has 79 heavy (non-hydrogen) atoms. The van der Waals surface area contributed by atoms with Crippen LogP contribution < -0.4 is 49.1 Å². The van der Waals surface area contributed by atoms with Crippen LogP contribution in [-0.2, 0) is 60.2 Å². The number of nitrogens with one attached hydrogen (secondary N) is 6. The molecular weight excluding hydrogens is 1100 g/mol. The Labute approximate surface area is 452 Å². The monoisotopic (exact) mass is 1150 g/mol. The maximum absolute atomic E-state index is 13.6. The number of aromatic carboxylic acids is 1. The van der Waals surface area contributed by atoms with Crippen molar-refractivity contribution in [1.82, 2.24) is 31.5 Å². The number of benzene rings is 4. The van der Waals surface area contributed by atoms with E-state index in [2.05, 4.69) is 26.6 Å². The number of rotatable bonds is 25. The largest absolute Gasteiger partial charge is 0.508 e. The zero-order valence-corrected chi connectivity index (χ0v) is 43.7. The summed E-state index contributed by atoms with van der Waals surface area (Å²) in [6, 6.07) is 10.7. The number of carboxylic acids is 1. The van der Waals surface area contributed by atoms with Crippen LogP contribution in [0.2, 0.25) is 0 Å². The molecule has 420 valence electrons. The molecule has 3 atom stereocenters. The molecule has 0 saturated carbocycles. The SMILES string of the molecule is N=c1ccc2c(-c3ccc(C(=O)NCCCCCN4C(=O)CC(SC[C@H](NC(=O)[C@H](Cc5ccc(O)cc5)NC(=O)CNC(=O)CNC(=O)CN)C(N)=O)C4=O)cc3C(=O)O)c3ccc(N)c(S(=O)(=O)O)c3oc-2c1S(=O)(=O)O. The first kappa shape index (κ1) is 59.7. The van der Waals surface area contributed by atoms with Gasteiger partial charge in [0.05, 0.1) is 41.5 Å². The number of nitrogens with two attached hydrogens (primary N) is 3. The predicted octanol–water partition coefficient (Wildman–Crippen LogP) is -1.19. The predicted molar refractivity (Wildman–Crippen MR) is 279 cm³/mol. The fraction of sp³-hybridized carbons (Fsp3) is 0.292. The third kappa shape index (κ3) is 14.8. The van der Waals surface area contributed by atoms with E-state index in [1.807, 2.05) is 0 Å². The number of likely N-dealkylation sites (tertiary alicyclic amines) is 1. The van der Waals surface area contributed by atoms with E-state index in [1.165, 1.54) is 42.5 Å². The number of thioether (sulfide) groups is 1. The minimum Gasteiger partial charge on any atom is -0.508 e. The number of amides is 8. The lowest BCUT2D eigenvalue weighted by molar-refractivity contribution is -0.138. The normalized spacial score (nSPS) is 14.4. The molecule has 1 unspecified atom stereocenters. The number of aromatic hydroxyl groups is 1. The van der Waals surface area contributed by atoms with Crippen LogP contribution in [0, 0.1) is 5.41 Å². The molecule has 3 aromatic carbocycles. The van der Waals surface area contributed by atoms with Gasteiger partial charge < -0.3 is 58.4 Å². The highest BCUT2D eigenvalue weighted by Gasteiger charge is 2.40. The number of hydrogen-bond donors (Lipinski definition) is 13. The zero-order chi connectivity index (χ0) is 58.1. The number of carbonyl (C=O) groups is 9. The maximum Gasteiger partial charge on any atom is 0.336 e. The van der Waals surface area contributed by atoms with Crippen LogP contribution in [0.3, 0.4) is 0 Å². The summed E-state index contributed by atoms with van der Waals surface area (Å²) in [5, 5.41) is 38.4. The quantitative estimate of drug-likeness (QED) is 0.0107. The molecule has 6 rings (SSSR count). The summed E-state index contributed by atoms with van der Waals surface area (Å²) in [4.78, 5) is 114. The van der Waals surface area contributed by atoms with Crippen LogP contribution in [0.5, 0.6) is 5.75 Å². The number of anilines is 1. The number of phenols is 1. The molecule has 3 aromatic rings. The van der Waals surface area contributed by atoms with Gasteiger partial charge >= 0.3 is 5.97 Å². The molecule has 8 amide bonds. The number of phenolic OH excluding ortho intramolecular Hbond substituents is 1. The van der Waals surface area contributed by atoms with Crippen molar-refractivity contribution in [2.24, 2.45) is 11.5 Å². The highest BCUT2D eigenvalue weighted by Crippen LogP contribution is 2.46. The lowest BCUT2D eigenvalue weighted by Gasteiger charge is -2.23. The van der Waals surface area contributed by atoms with Gasteiger partial charge in [0.1, 0.15) is 17.8 Å². The van der Waals surface area contributed by atoms with Gasteiger partial charge in [-0.3, -0.25) is 57.8 Å². The molecular formula is C48H52N10O18S3. The number of unbranched alkanes of at least 4 members (excludes halogenated alkanes) is 2. The molecule has 1 aliphatic carbocycles. The Morgan fingerprint density at radius 1 is 0.797 bits per heavy atom. The Kier molecular flexibility index (Phi) is 19.2. The van der Waals surface area contributed by atoms with Gasteiger partial charge in [0, 0.05) is 53.8 Å². The average Bonchev–Trinajstić information content (AvgIpc) is 3.86. The number of fused-ring (bicyclic) bond motifs is 2. The fourth-order valence-corrected chi connectivity index (χ4v) is 11.0. The highest BCUT2D eigenvalue weighted by atomic mass is 32.2. The van der Waals surface area contributed by atoms with Crippen molar-refractivity contribution < 1.29 is 83.7 Å². The van der Waals surface area contributed by atoms with Crippen LogP contribution in [0.15, 0.2) is 80.9 Å². The maximum atomic E-state index is 13.6. The Balaban J connectivity index is 1.05. The first-order valence-corrected chi connectivity index (χ1v) is 27.5. The van der Waals surface area contributed by atoms with Gasteiger partial charge in [-0.2, -0.15) is 16.8 Å². The third-order valence-corrected chi connectivity index (χ3v) is 15.2. The summed E-state index contributed by atoms with van der Waals surface area (Å²) in [5.41, 5.74) is 14.5. The molecule has 28 nitrogen and oxygen atoms in total. The second-order valence-corrected chi connectivity index (χ2v) is 21.6. The standard InChI is InChI=1S/C48H52N10O18S3/c49-19-35(60)54-20-36(61)55-21-37(62)56-32(16-23-4-7-25(59)8-5-23)46(66)57-33(44(52)64)22-77-34-18-38(63)58(47(34)67)15-3-1-2-14-53-45(65)24-6-9-26(29(17-24)48(68)69)39-27-10-12-30(50)42(78(70,71)72)40(27)76-41-28(39)11-13-31(51)43(41)79(73,74)75/h4-13,17,32-34,50,59H,1-3,14-16,18-22,49,51H2,(H2,52,64)(H,53,65)(H,54,60)(H,55,61)(H,56,62)(H,57,66)(H,68,69)(H,70,71,72)(H,73,74,75)/t32-,33-,34?/m0/s1. The molecule has 0 bridgehead atoms. The average molecular weight is 1150 g/mol. The molecule has 31 heteroatoms. The molecule has 1 saturated heterocycles. The van der Waals surface area contributed by atoms with Crippen LogP contribution >= 0.6 is 11.8 Å². The molecule has 0 aromatic heterocycles. The van der Waals surface area contributed by atoms with Crippen molar-refractivity contribution in [3.05, 3.63) is 88.8 Å². The Hall–Kier alpha value is -8.49. The summed E-state index contributed by atoms with van der Waals surface area (Å²) in [5.74, 6) is -8.54. The molecule has 1 fully saturated rings. The lowest BCUT2D eigenvalue weighted by Crippen LogP contribution is -2.55. The summed E-state index contributed by atoms with van der Waals surface area (Å²) >= 11 is 0.894. The number of imide groups is 1. The Bertz CT molecular complexity index is 3540. The highest BCUT2D eigenvalue weighted by molar-refractivity contribution is 8.00. The van der Waals surface area contributed by atoms with E-state index in [-0.39, 0.29) is 71.6 Å². The van der Waals surface area contributed by atoms with Crippen LogP contribution in [0.4, 0.5) is 5.69 Å². The fourth-order valence-electron chi connectivity index (χ4n) is 8.26. The van der Waals surface area contributed by atoms with Gasteiger partial charge in [-0.15, -0.1) is 11.8 Å². The second kappa shape index (κ2) is 25.3. The third-order valence-electron chi connectivity index (χ3n) is 12.1. The summed E-state index contributed by atoms with van der Waals surface area (Å²) < 4.78 is 75.9.